The lowest BCUT2D eigenvalue weighted by atomic mass is 10.0. The van der Waals surface area contributed by atoms with Crippen molar-refractivity contribution in [2.45, 2.75) is 50.0 Å². The first-order valence-electron chi connectivity index (χ1n) is 15.7. The van der Waals surface area contributed by atoms with E-state index in [2.05, 4.69) is 25.9 Å². The van der Waals surface area contributed by atoms with Crippen LogP contribution in [0.5, 0.6) is 0 Å². The molecule has 0 bridgehead atoms. The lowest BCUT2D eigenvalue weighted by Crippen LogP contribution is -2.58. The summed E-state index contributed by atoms with van der Waals surface area (Å²) >= 11 is 1.52. The van der Waals surface area contributed by atoms with Crippen LogP contribution in [-0.4, -0.2) is 69.5 Å². The zero-order valence-electron chi connectivity index (χ0n) is 26.6. The molecule has 0 radical (unpaired) electrons. The Hall–Kier alpha value is -5.37. The molecule has 0 aliphatic carbocycles. The molecule has 12 nitrogen and oxygen atoms in total. The van der Waals surface area contributed by atoms with Gasteiger partial charge >= 0.3 is 5.97 Å². The second-order valence-corrected chi connectivity index (χ2v) is 12.5. The quantitative estimate of drug-likeness (QED) is 0.0864. The molecule has 5 rings (SSSR count). The minimum atomic E-state index is -1.29. The smallest absolute Gasteiger partial charge is 0.326 e. The molecule has 0 spiro atoms. The Kier molecular flexibility index (Phi) is 12.2. The molecule has 0 fully saturated rings. The number of carboxylic acids is 1. The first kappa shape index (κ1) is 35.0. The number of fused-ring (bicyclic) bond motifs is 1. The minimum absolute atomic E-state index is 0.0405. The molecule has 2 heterocycles. The van der Waals surface area contributed by atoms with Crippen molar-refractivity contribution in [1.82, 2.24) is 25.9 Å². The number of H-pyrrole nitrogens is 1. The molecular formula is C36H38N6O6S. The van der Waals surface area contributed by atoms with Gasteiger partial charge in [0, 0.05) is 35.9 Å². The highest BCUT2D eigenvalue weighted by Crippen LogP contribution is 2.26. The number of aliphatic carboxylic acids is 1. The molecule has 0 saturated heterocycles. The van der Waals surface area contributed by atoms with Gasteiger partial charge in [-0.3, -0.25) is 14.4 Å². The molecule has 13 heteroatoms. The molecule has 2 aromatic heterocycles. The Bertz CT molecular complexity index is 1830. The number of imidazole rings is 1. The van der Waals surface area contributed by atoms with Crippen molar-refractivity contribution in [3.05, 3.63) is 125 Å². The molecule has 0 saturated carbocycles. The van der Waals surface area contributed by atoms with Gasteiger partial charge in [0.1, 0.15) is 24.2 Å². The molecule has 0 aliphatic heterocycles. The van der Waals surface area contributed by atoms with Crippen LogP contribution in [0.3, 0.4) is 0 Å². The number of hydrogen-bond donors (Lipinski definition) is 6. The van der Waals surface area contributed by atoms with E-state index in [1.165, 1.54) is 23.9 Å². The SMILES string of the molecule is NC(COCc1ccccc1)C(=O)N[C@@H](Cc1csc2ccccc12)C(=O)N[C@H](Cc1ccccc1)C(=O)N[C@@H](Cc1cnc[nH]1)C(=O)O. The zero-order valence-corrected chi connectivity index (χ0v) is 27.4. The van der Waals surface area contributed by atoms with Crippen molar-refractivity contribution in [2.75, 3.05) is 6.61 Å². The fraction of sp³-hybridized carbons (Fsp3) is 0.250. The fourth-order valence-electron chi connectivity index (χ4n) is 5.27. The highest BCUT2D eigenvalue weighted by atomic mass is 32.1. The van der Waals surface area contributed by atoms with E-state index in [4.69, 9.17) is 10.5 Å². The molecule has 7 N–H and O–H groups in total. The molecule has 1 unspecified atom stereocenters. The molecule has 5 aromatic rings. The minimum Gasteiger partial charge on any atom is -0.480 e. The number of hydrogen-bond acceptors (Lipinski definition) is 8. The van der Waals surface area contributed by atoms with Gasteiger partial charge in [0.15, 0.2) is 0 Å². The van der Waals surface area contributed by atoms with Gasteiger partial charge < -0.3 is 36.5 Å². The van der Waals surface area contributed by atoms with E-state index in [0.29, 0.717) is 5.69 Å². The van der Waals surface area contributed by atoms with Gasteiger partial charge in [-0.25, -0.2) is 9.78 Å². The van der Waals surface area contributed by atoms with Gasteiger partial charge in [-0.2, -0.15) is 0 Å². The maximum atomic E-state index is 14.0. The summed E-state index contributed by atoms with van der Waals surface area (Å²) in [7, 11) is 0. The average Bonchev–Trinajstić information content (AvgIpc) is 3.78. The summed E-state index contributed by atoms with van der Waals surface area (Å²) < 4.78 is 6.69. The second kappa shape index (κ2) is 17.2. The summed E-state index contributed by atoms with van der Waals surface area (Å²) in [6.07, 6.45) is 3.05. The van der Waals surface area contributed by atoms with Crippen LogP contribution < -0.4 is 21.7 Å². The lowest BCUT2D eigenvalue weighted by Gasteiger charge is -2.25. The highest BCUT2D eigenvalue weighted by molar-refractivity contribution is 7.17. The number of carboxylic acid groups (broad SMARTS) is 1. The summed E-state index contributed by atoms with van der Waals surface area (Å²) in [5, 5.41) is 20.9. The number of thiophene rings is 1. The van der Waals surface area contributed by atoms with Crippen molar-refractivity contribution in [2.24, 2.45) is 5.73 Å². The topological polar surface area (TPSA) is 189 Å². The first-order chi connectivity index (χ1) is 23.8. The first-order valence-corrected chi connectivity index (χ1v) is 16.6. The van der Waals surface area contributed by atoms with Crippen molar-refractivity contribution in [1.29, 1.82) is 0 Å². The van der Waals surface area contributed by atoms with Crippen LogP contribution in [0, 0.1) is 0 Å². The van der Waals surface area contributed by atoms with E-state index in [0.717, 1.165) is 26.8 Å². The molecule has 3 aromatic carbocycles. The average molecular weight is 683 g/mol. The largest absolute Gasteiger partial charge is 0.480 e. The molecular weight excluding hydrogens is 644 g/mol. The van der Waals surface area contributed by atoms with Crippen molar-refractivity contribution in [3.8, 4) is 0 Å². The van der Waals surface area contributed by atoms with E-state index in [9.17, 15) is 24.3 Å². The van der Waals surface area contributed by atoms with Crippen LogP contribution >= 0.6 is 11.3 Å². The number of carbonyl (C=O) groups excluding carboxylic acids is 3. The molecule has 3 amide bonds. The van der Waals surface area contributed by atoms with Crippen LogP contribution in [0.25, 0.3) is 10.1 Å². The second-order valence-electron chi connectivity index (χ2n) is 11.6. The van der Waals surface area contributed by atoms with Crippen LogP contribution in [-0.2, 0) is 49.8 Å². The Balaban J connectivity index is 1.34. The van der Waals surface area contributed by atoms with Gasteiger partial charge in [0.25, 0.3) is 0 Å². The Morgan fingerprint density at radius 3 is 2.06 bits per heavy atom. The maximum absolute atomic E-state index is 14.0. The normalized spacial score (nSPS) is 13.6. The van der Waals surface area contributed by atoms with Crippen molar-refractivity contribution >= 4 is 45.1 Å². The number of aromatic amines is 1. The number of rotatable bonds is 17. The number of amides is 3. The van der Waals surface area contributed by atoms with E-state index >= 15 is 0 Å². The monoisotopic (exact) mass is 682 g/mol. The third-order valence-electron chi connectivity index (χ3n) is 7.87. The van der Waals surface area contributed by atoms with E-state index in [1.807, 2.05) is 66.0 Å². The van der Waals surface area contributed by atoms with Gasteiger partial charge in [-0.15, -0.1) is 11.3 Å². The predicted octanol–water partition coefficient (Wildman–Crippen LogP) is 2.74. The number of nitrogens with one attached hydrogen (secondary N) is 4. The van der Waals surface area contributed by atoms with Crippen LogP contribution in [0.4, 0.5) is 0 Å². The van der Waals surface area contributed by atoms with E-state index < -0.39 is 47.9 Å². The number of carbonyl (C=O) groups is 4. The summed E-state index contributed by atoms with van der Waals surface area (Å²) in [5.41, 5.74) is 9.21. The molecule has 254 valence electrons. The number of benzene rings is 3. The van der Waals surface area contributed by atoms with E-state index in [-0.39, 0.29) is 32.5 Å². The summed E-state index contributed by atoms with van der Waals surface area (Å²) in [6, 6.07) is 21.6. The van der Waals surface area contributed by atoms with Gasteiger partial charge in [-0.05, 0) is 33.5 Å². The van der Waals surface area contributed by atoms with Crippen molar-refractivity contribution in [3.63, 3.8) is 0 Å². The third-order valence-corrected chi connectivity index (χ3v) is 8.89. The predicted molar refractivity (Wildman–Crippen MR) is 185 cm³/mol. The number of ether oxygens (including phenoxy) is 1. The molecule has 0 aliphatic rings. The van der Waals surface area contributed by atoms with Crippen LogP contribution in [0.15, 0.2) is 103 Å². The molecule has 49 heavy (non-hydrogen) atoms. The summed E-state index contributed by atoms with van der Waals surface area (Å²) in [4.78, 5) is 59.9. The highest BCUT2D eigenvalue weighted by Gasteiger charge is 2.31. The Labute approximate surface area is 287 Å². The Morgan fingerprint density at radius 1 is 0.776 bits per heavy atom. The standard InChI is InChI=1S/C36H38N6O6S/c37-28(20-48-19-24-11-5-2-6-12-24)33(43)40-30(16-25-21-49-32-14-8-7-13-27(25)32)35(45)41-29(15-23-9-3-1-4-10-23)34(44)42-31(36(46)47)17-26-18-38-22-39-26/h1-14,18,21-22,28-31H,15-17,19-20,37H2,(H,38,39)(H,40,43)(H,41,45)(H,42,44)(H,46,47)/t28?,29-,30+,31+/m1/s1. The van der Waals surface area contributed by atoms with Crippen molar-refractivity contribution < 1.29 is 29.0 Å². The van der Waals surface area contributed by atoms with Crippen LogP contribution in [0.2, 0.25) is 0 Å². The molecule has 4 atom stereocenters. The summed E-state index contributed by atoms with van der Waals surface area (Å²) in [6.45, 7) is 0.184. The lowest BCUT2D eigenvalue weighted by molar-refractivity contribution is -0.142. The maximum Gasteiger partial charge on any atom is 0.326 e. The zero-order chi connectivity index (χ0) is 34.6. The summed E-state index contributed by atoms with van der Waals surface area (Å²) in [5.74, 6) is -3.16. The number of nitrogens with two attached hydrogens (primary N) is 1. The van der Waals surface area contributed by atoms with Gasteiger partial charge in [0.05, 0.1) is 19.5 Å². The third kappa shape index (κ3) is 10.1. The van der Waals surface area contributed by atoms with Gasteiger partial charge in [-0.1, -0.05) is 78.9 Å². The number of aromatic nitrogens is 2. The fourth-order valence-corrected chi connectivity index (χ4v) is 6.25. The van der Waals surface area contributed by atoms with Crippen LogP contribution in [0.1, 0.15) is 22.4 Å². The Morgan fingerprint density at radius 2 is 1.39 bits per heavy atom. The number of nitrogens with zero attached hydrogens (tertiary/aromatic N) is 1. The van der Waals surface area contributed by atoms with Gasteiger partial charge in [0.2, 0.25) is 17.7 Å². The van der Waals surface area contributed by atoms with E-state index in [1.54, 1.807) is 24.3 Å².